The summed E-state index contributed by atoms with van der Waals surface area (Å²) in [6, 6.07) is 3.23. The molecule has 0 N–H and O–H groups in total. The first-order chi connectivity index (χ1) is 14.4. The second-order valence-corrected chi connectivity index (χ2v) is 7.32. The molecule has 30 heavy (non-hydrogen) atoms. The van der Waals surface area contributed by atoms with Gasteiger partial charge in [0, 0.05) is 52.9 Å². The second kappa shape index (κ2) is 7.78. The summed E-state index contributed by atoms with van der Waals surface area (Å²) < 4.78 is 13.1. The highest BCUT2D eigenvalue weighted by Crippen LogP contribution is 2.33. The maximum Gasteiger partial charge on any atom is 0.328 e. The molecule has 3 heterocycles. The number of aryl methyl sites for hydroxylation is 3. The number of hydrogen-bond acceptors (Lipinski definition) is 9. The summed E-state index contributed by atoms with van der Waals surface area (Å²) in [5, 5.41) is 19.1. The van der Waals surface area contributed by atoms with Crippen molar-refractivity contribution >= 4 is 22.4 Å². The minimum Gasteiger partial charge on any atom is -0.473 e. The number of nitrogens with zero attached hydrogens (tertiary/aromatic N) is 7. The van der Waals surface area contributed by atoms with Gasteiger partial charge in [-0.3, -0.25) is 24.1 Å². The molecule has 1 saturated heterocycles. The van der Waals surface area contributed by atoms with Gasteiger partial charge in [0.15, 0.2) is 0 Å². The molecule has 1 aliphatic heterocycles. The van der Waals surface area contributed by atoms with Crippen molar-refractivity contribution in [2.24, 2.45) is 14.1 Å². The standard InChI is InChI=1S/C18H23N7O5/c1-12-17(20-30-19-12)29-9-8-23-4-6-24(7-5-23)15-10-13-14(11-16(15)25(27)28)22(3)18(26)21(13)2/h10-11H,4-9H2,1-3H3. The molecule has 12 nitrogen and oxygen atoms in total. The molecule has 160 valence electrons. The van der Waals surface area contributed by atoms with Crippen LogP contribution in [0.3, 0.4) is 0 Å². The lowest BCUT2D eigenvalue weighted by Gasteiger charge is -2.35. The van der Waals surface area contributed by atoms with E-state index in [-0.39, 0.29) is 16.3 Å². The highest BCUT2D eigenvalue weighted by atomic mass is 16.6. The number of nitro groups is 1. The van der Waals surface area contributed by atoms with Crippen molar-refractivity contribution in [2.45, 2.75) is 6.92 Å². The normalized spacial score (nSPS) is 15.1. The summed E-state index contributed by atoms with van der Waals surface area (Å²) in [4.78, 5) is 27.7. The van der Waals surface area contributed by atoms with E-state index < -0.39 is 0 Å². The van der Waals surface area contributed by atoms with E-state index in [0.29, 0.717) is 54.5 Å². The zero-order chi connectivity index (χ0) is 21.4. The molecule has 1 fully saturated rings. The van der Waals surface area contributed by atoms with Gasteiger partial charge in [-0.05, 0) is 18.1 Å². The van der Waals surface area contributed by atoms with E-state index >= 15 is 0 Å². The Hall–Kier alpha value is -3.41. The molecule has 0 atom stereocenters. The number of benzene rings is 1. The molecule has 2 aromatic heterocycles. The quantitative estimate of drug-likeness (QED) is 0.420. The Labute approximate surface area is 171 Å². The van der Waals surface area contributed by atoms with Crippen molar-refractivity contribution in [2.75, 3.05) is 44.2 Å². The van der Waals surface area contributed by atoms with Crippen LogP contribution in [0.25, 0.3) is 11.0 Å². The van der Waals surface area contributed by atoms with Gasteiger partial charge < -0.3 is 9.64 Å². The number of piperazine rings is 1. The fourth-order valence-corrected chi connectivity index (χ4v) is 3.76. The summed E-state index contributed by atoms with van der Waals surface area (Å²) in [6.45, 7) is 5.67. The van der Waals surface area contributed by atoms with Crippen LogP contribution in [-0.4, -0.2) is 68.6 Å². The highest BCUT2D eigenvalue weighted by molar-refractivity contribution is 5.86. The van der Waals surface area contributed by atoms with Crippen LogP contribution in [0.4, 0.5) is 11.4 Å². The molecule has 0 radical (unpaired) electrons. The Morgan fingerprint density at radius 2 is 1.80 bits per heavy atom. The maximum absolute atomic E-state index is 12.2. The lowest BCUT2D eigenvalue weighted by Crippen LogP contribution is -2.47. The summed E-state index contributed by atoms with van der Waals surface area (Å²) in [5.41, 5.74) is 2.17. The topological polar surface area (TPSA) is 125 Å². The lowest BCUT2D eigenvalue weighted by atomic mass is 10.2. The Kier molecular flexibility index (Phi) is 5.16. The number of ether oxygens (including phenoxy) is 1. The van der Waals surface area contributed by atoms with Crippen molar-refractivity contribution in [3.05, 3.63) is 38.4 Å². The van der Waals surface area contributed by atoms with Gasteiger partial charge in [-0.2, -0.15) is 0 Å². The summed E-state index contributed by atoms with van der Waals surface area (Å²) >= 11 is 0. The largest absolute Gasteiger partial charge is 0.473 e. The maximum atomic E-state index is 12.2. The number of anilines is 1. The van der Waals surface area contributed by atoms with Gasteiger partial charge >= 0.3 is 5.69 Å². The Morgan fingerprint density at radius 3 is 2.40 bits per heavy atom. The third-order valence-corrected chi connectivity index (χ3v) is 5.54. The van der Waals surface area contributed by atoms with Crippen LogP contribution in [0, 0.1) is 17.0 Å². The Balaban J connectivity index is 1.46. The molecule has 0 aliphatic carbocycles. The first-order valence-electron chi connectivity index (χ1n) is 9.60. The van der Waals surface area contributed by atoms with Gasteiger partial charge in [-0.1, -0.05) is 5.16 Å². The van der Waals surface area contributed by atoms with Gasteiger partial charge in [-0.25, -0.2) is 9.42 Å². The minimum absolute atomic E-state index is 0.00879. The van der Waals surface area contributed by atoms with Gasteiger partial charge in [0.1, 0.15) is 18.0 Å². The molecular formula is C18H23N7O5. The summed E-state index contributed by atoms with van der Waals surface area (Å²) in [5.74, 6) is 0.394. The first-order valence-corrected chi connectivity index (χ1v) is 9.60. The Morgan fingerprint density at radius 1 is 1.13 bits per heavy atom. The van der Waals surface area contributed by atoms with Gasteiger partial charge in [0.2, 0.25) is 0 Å². The fraction of sp³-hybridized carbons (Fsp3) is 0.500. The van der Waals surface area contributed by atoms with Crippen LogP contribution < -0.4 is 15.3 Å². The van der Waals surface area contributed by atoms with Crippen LogP contribution >= 0.6 is 0 Å². The summed E-state index contributed by atoms with van der Waals surface area (Å²) in [6.07, 6.45) is 0. The van der Waals surface area contributed by atoms with E-state index in [0.717, 1.165) is 13.1 Å². The van der Waals surface area contributed by atoms with Crippen molar-refractivity contribution in [1.82, 2.24) is 24.3 Å². The van der Waals surface area contributed by atoms with Gasteiger partial charge in [-0.15, -0.1) is 0 Å². The molecule has 3 aromatic rings. The van der Waals surface area contributed by atoms with Crippen LogP contribution in [0.5, 0.6) is 5.88 Å². The molecule has 0 amide bonds. The van der Waals surface area contributed by atoms with E-state index in [1.54, 1.807) is 27.1 Å². The number of nitro benzene ring substituents is 1. The number of hydrogen-bond donors (Lipinski definition) is 0. The van der Waals surface area contributed by atoms with Crippen LogP contribution in [0.1, 0.15) is 5.69 Å². The third kappa shape index (κ3) is 3.49. The highest BCUT2D eigenvalue weighted by Gasteiger charge is 2.26. The predicted octanol–water partition coefficient (Wildman–Crippen LogP) is 0.678. The van der Waals surface area contributed by atoms with E-state index in [4.69, 9.17) is 4.74 Å². The van der Waals surface area contributed by atoms with Crippen LogP contribution in [-0.2, 0) is 14.1 Å². The first kappa shape index (κ1) is 19.9. The van der Waals surface area contributed by atoms with Crippen molar-refractivity contribution in [1.29, 1.82) is 0 Å². The number of rotatable bonds is 6. The van der Waals surface area contributed by atoms with Crippen molar-refractivity contribution in [3.63, 3.8) is 0 Å². The molecule has 0 spiro atoms. The lowest BCUT2D eigenvalue weighted by molar-refractivity contribution is -0.384. The number of fused-ring (bicyclic) bond motifs is 1. The SMILES string of the molecule is Cc1nonc1OCCN1CCN(c2cc3c(cc2[N+](=O)[O-])n(C)c(=O)n3C)CC1. The third-order valence-electron chi connectivity index (χ3n) is 5.54. The summed E-state index contributed by atoms with van der Waals surface area (Å²) in [7, 11) is 3.29. The van der Waals surface area contributed by atoms with E-state index in [1.807, 2.05) is 4.90 Å². The Bertz CT molecular complexity index is 1140. The number of imidazole rings is 1. The predicted molar refractivity (Wildman–Crippen MR) is 108 cm³/mol. The molecule has 0 bridgehead atoms. The van der Waals surface area contributed by atoms with Crippen molar-refractivity contribution in [3.8, 4) is 5.88 Å². The molecular weight excluding hydrogens is 394 g/mol. The molecule has 4 rings (SSSR count). The van der Waals surface area contributed by atoms with E-state index in [2.05, 4.69) is 19.8 Å². The molecule has 1 aromatic carbocycles. The molecule has 0 unspecified atom stereocenters. The van der Waals surface area contributed by atoms with Crippen molar-refractivity contribution < 1.29 is 14.3 Å². The zero-order valence-corrected chi connectivity index (χ0v) is 17.1. The van der Waals surface area contributed by atoms with Crippen LogP contribution in [0.15, 0.2) is 21.6 Å². The van der Waals surface area contributed by atoms with E-state index in [9.17, 15) is 14.9 Å². The van der Waals surface area contributed by atoms with Gasteiger partial charge in [0.05, 0.1) is 16.0 Å². The number of aromatic nitrogens is 4. The molecule has 12 heteroatoms. The fourth-order valence-electron chi connectivity index (χ4n) is 3.76. The average Bonchev–Trinajstić information content (AvgIpc) is 3.24. The molecule has 1 aliphatic rings. The smallest absolute Gasteiger partial charge is 0.328 e. The minimum atomic E-state index is -0.388. The average molecular weight is 417 g/mol. The molecule has 0 saturated carbocycles. The second-order valence-electron chi connectivity index (χ2n) is 7.32. The van der Waals surface area contributed by atoms with Gasteiger partial charge in [0.25, 0.3) is 11.6 Å². The zero-order valence-electron chi connectivity index (χ0n) is 17.1. The monoisotopic (exact) mass is 417 g/mol. The van der Waals surface area contributed by atoms with Crippen LogP contribution in [0.2, 0.25) is 0 Å². The van der Waals surface area contributed by atoms with E-state index in [1.165, 1.54) is 15.2 Å².